The SMILES string of the molecule is CC1(C2CCN(C(=O)/C=C/c3ccc(Cl)s3)CC2)OCCO1. The number of hydrogen-bond donors (Lipinski definition) is 0. The standard InChI is InChI=1S/C16H20ClNO3S/c1-16(20-10-11-21-16)12-6-8-18(9-7-12)15(19)5-3-13-2-4-14(17)22-13/h2-5,12H,6-11H2,1H3/b5-3+. The van der Waals surface area contributed by atoms with E-state index in [-0.39, 0.29) is 5.91 Å². The molecule has 0 atom stereocenters. The van der Waals surface area contributed by atoms with Crippen LogP contribution >= 0.6 is 22.9 Å². The van der Waals surface area contributed by atoms with Crippen LogP contribution in [0.3, 0.4) is 0 Å². The average Bonchev–Trinajstić information content (AvgIpc) is 3.14. The van der Waals surface area contributed by atoms with Crippen molar-refractivity contribution in [2.24, 2.45) is 5.92 Å². The number of thiophene rings is 1. The third-order valence-electron chi connectivity index (χ3n) is 4.39. The van der Waals surface area contributed by atoms with Gasteiger partial charge in [0.05, 0.1) is 17.6 Å². The number of piperidine rings is 1. The quantitative estimate of drug-likeness (QED) is 0.791. The molecule has 1 amide bonds. The Kier molecular flexibility index (Phi) is 4.88. The second kappa shape index (κ2) is 6.71. The summed E-state index contributed by atoms with van der Waals surface area (Å²) in [4.78, 5) is 15.1. The van der Waals surface area contributed by atoms with Crippen molar-refractivity contribution in [2.75, 3.05) is 26.3 Å². The first-order valence-electron chi connectivity index (χ1n) is 7.57. The molecular formula is C16H20ClNO3S. The Morgan fingerprint density at radius 1 is 1.36 bits per heavy atom. The third-order valence-corrected chi connectivity index (χ3v) is 5.59. The van der Waals surface area contributed by atoms with Crippen molar-refractivity contribution in [3.63, 3.8) is 0 Å². The number of nitrogens with zero attached hydrogens (tertiary/aromatic N) is 1. The number of hydrogen-bond acceptors (Lipinski definition) is 4. The molecule has 6 heteroatoms. The summed E-state index contributed by atoms with van der Waals surface area (Å²) in [7, 11) is 0. The van der Waals surface area contributed by atoms with Crippen molar-refractivity contribution in [1.29, 1.82) is 0 Å². The zero-order valence-corrected chi connectivity index (χ0v) is 14.2. The molecule has 3 heterocycles. The highest BCUT2D eigenvalue weighted by atomic mass is 35.5. The van der Waals surface area contributed by atoms with Crippen LogP contribution in [0.25, 0.3) is 6.08 Å². The highest BCUT2D eigenvalue weighted by Gasteiger charge is 2.41. The van der Waals surface area contributed by atoms with Gasteiger partial charge in [-0.2, -0.15) is 0 Å². The Labute approximate surface area is 139 Å². The van der Waals surface area contributed by atoms with Crippen LogP contribution in [0.5, 0.6) is 0 Å². The van der Waals surface area contributed by atoms with Crippen LogP contribution in [0.1, 0.15) is 24.6 Å². The van der Waals surface area contributed by atoms with Gasteiger partial charge in [-0.1, -0.05) is 11.6 Å². The Bertz CT molecular complexity index is 557. The number of rotatable bonds is 3. The van der Waals surface area contributed by atoms with Gasteiger partial charge in [0.2, 0.25) is 5.91 Å². The molecule has 0 unspecified atom stereocenters. The molecule has 0 aromatic carbocycles. The number of carbonyl (C=O) groups excluding carboxylic acids is 1. The van der Waals surface area contributed by atoms with Crippen molar-refractivity contribution in [3.05, 3.63) is 27.4 Å². The van der Waals surface area contributed by atoms with Crippen LogP contribution in [0.2, 0.25) is 4.34 Å². The topological polar surface area (TPSA) is 38.8 Å². The molecule has 0 aliphatic carbocycles. The molecule has 1 aromatic rings. The van der Waals surface area contributed by atoms with Gasteiger partial charge in [-0.05, 0) is 38.0 Å². The van der Waals surface area contributed by atoms with Gasteiger partial charge in [-0.25, -0.2) is 0 Å². The highest BCUT2D eigenvalue weighted by molar-refractivity contribution is 7.17. The van der Waals surface area contributed by atoms with Crippen molar-refractivity contribution in [2.45, 2.75) is 25.6 Å². The highest BCUT2D eigenvalue weighted by Crippen LogP contribution is 2.35. The summed E-state index contributed by atoms with van der Waals surface area (Å²) in [5.74, 6) is -0.0425. The van der Waals surface area contributed by atoms with E-state index in [9.17, 15) is 4.79 Å². The van der Waals surface area contributed by atoms with Crippen LogP contribution < -0.4 is 0 Å². The first-order valence-corrected chi connectivity index (χ1v) is 8.76. The van der Waals surface area contributed by atoms with Gasteiger partial charge in [0.25, 0.3) is 0 Å². The molecule has 0 radical (unpaired) electrons. The predicted molar refractivity (Wildman–Crippen MR) is 88.0 cm³/mol. The second-order valence-electron chi connectivity index (χ2n) is 5.79. The summed E-state index contributed by atoms with van der Waals surface area (Å²) in [6, 6.07) is 3.75. The molecule has 2 aliphatic heterocycles. The summed E-state index contributed by atoms with van der Waals surface area (Å²) < 4.78 is 12.2. The predicted octanol–water partition coefficient (Wildman–Crippen LogP) is 3.42. The van der Waals surface area contributed by atoms with Crippen LogP contribution in [-0.2, 0) is 14.3 Å². The molecular weight excluding hydrogens is 322 g/mol. The Hall–Kier alpha value is -0.880. The second-order valence-corrected chi connectivity index (χ2v) is 7.53. The Morgan fingerprint density at radius 3 is 2.64 bits per heavy atom. The Morgan fingerprint density at radius 2 is 2.05 bits per heavy atom. The normalized spacial score (nSPS) is 22.5. The molecule has 2 saturated heterocycles. The minimum Gasteiger partial charge on any atom is -0.348 e. The molecule has 1 aromatic heterocycles. The lowest BCUT2D eigenvalue weighted by molar-refractivity contribution is -0.191. The van der Waals surface area contributed by atoms with Crippen molar-refractivity contribution in [1.82, 2.24) is 4.90 Å². The summed E-state index contributed by atoms with van der Waals surface area (Å²) >= 11 is 7.35. The van der Waals surface area contributed by atoms with Gasteiger partial charge >= 0.3 is 0 Å². The van der Waals surface area contributed by atoms with Crippen molar-refractivity contribution >= 4 is 34.9 Å². The van der Waals surface area contributed by atoms with E-state index < -0.39 is 5.79 Å². The van der Waals surface area contributed by atoms with Crippen molar-refractivity contribution < 1.29 is 14.3 Å². The molecule has 22 heavy (non-hydrogen) atoms. The molecule has 2 fully saturated rings. The monoisotopic (exact) mass is 341 g/mol. The molecule has 120 valence electrons. The minimum absolute atomic E-state index is 0.0568. The van der Waals surface area contributed by atoms with Gasteiger partial charge in [0.1, 0.15) is 0 Å². The van der Waals surface area contributed by atoms with Gasteiger partial charge in [-0.3, -0.25) is 4.79 Å². The van der Waals surface area contributed by atoms with Gasteiger partial charge in [-0.15, -0.1) is 11.3 Å². The maximum atomic E-state index is 12.2. The van der Waals surface area contributed by atoms with E-state index in [1.165, 1.54) is 11.3 Å². The molecule has 0 spiro atoms. The molecule has 0 bridgehead atoms. The molecule has 2 aliphatic rings. The molecule has 0 saturated carbocycles. The van der Waals surface area contributed by atoms with E-state index in [1.54, 1.807) is 6.08 Å². The third kappa shape index (κ3) is 3.54. The lowest BCUT2D eigenvalue weighted by atomic mass is 9.89. The number of halogens is 1. The van der Waals surface area contributed by atoms with Gasteiger partial charge in [0, 0.05) is 30.0 Å². The fourth-order valence-corrected chi connectivity index (χ4v) is 4.03. The van der Waals surface area contributed by atoms with Crippen LogP contribution in [0.15, 0.2) is 18.2 Å². The number of ether oxygens (including phenoxy) is 2. The largest absolute Gasteiger partial charge is 0.348 e. The van der Waals surface area contributed by atoms with E-state index in [2.05, 4.69) is 0 Å². The lowest BCUT2D eigenvalue weighted by Gasteiger charge is -2.38. The van der Waals surface area contributed by atoms with E-state index in [1.807, 2.05) is 30.0 Å². The fraction of sp³-hybridized carbons (Fsp3) is 0.562. The zero-order valence-electron chi connectivity index (χ0n) is 12.6. The summed E-state index contributed by atoms with van der Waals surface area (Å²) in [6.07, 6.45) is 5.30. The number of carbonyl (C=O) groups is 1. The summed E-state index contributed by atoms with van der Waals surface area (Å²) in [5.41, 5.74) is 0. The Balaban J connectivity index is 1.52. The maximum Gasteiger partial charge on any atom is 0.246 e. The van der Waals surface area contributed by atoms with E-state index in [4.69, 9.17) is 21.1 Å². The van der Waals surface area contributed by atoms with Gasteiger partial charge in [0.15, 0.2) is 5.79 Å². The summed E-state index contributed by atoms with van der Waals surface area (Å²) in [6.45, 7) is 4.86. The summed E-state index contributed by atoms with van der Waals surface area (Å²) in [5, 5.41) is 0. The molecule has 3 rings (SSSR count). The molecule has 4 nitrogen and oxygen atoms in total. The fourth-order valence-electron chi connectivity index (χ4n) is 3.07. The van der Waals surface area contributed by atoms with E-state index >= 15 is 0 Å². The molecule has 0 N–H and O–H groups in total. The smallest absolute Gasteiger partial charge is 0.246 e. The van der Waals surface area contributed by atoms with E-state index in [0.717, 1.165) is 35.1 Å². The van der Waals surface area contributed by atoms with Crippen LogP contribution in [0, 0.1) is 5.92 Å². The van der Waals surface area contributed by atoms with Crippen LogP contribution in [-0.4, -0.2) is 42.9 Å². The van der Waals surface area contributed by atoms with Crippen molar-refractivity contribution in [3.8, 4) is 0 Å². The maximum absolute atomic E-state index is 12.2. The first kappa shape index (κ1) is 16.0. The number of amides is 1. The van der Waals surface area contributed by atoms with Crippen LogP contribution in [0.4, 0.5) is 0 Å². The first-order chi connectivity index (χ1) is 10.6. The van der Waals surface area contributed by atoms with Gasteiger partial charge < -0.3 is 14.4 Å². The number of likely N-dealkylation sites (tertiary alicyclic amines) is 1. The minimum atomic E-state index is -0.460. The lowest BCUT2D eigenvalue weighted by Crippen LogP contribution is -2.45. The van der Waals surface area contributed by atoms with E-state index in [0.29, 0.717) is 19.1 Å². The average molecular weight is 342 g/mol. The zero-order chi connectivity index (χ0) is 15.6.